The van der Waals surface area contributed by atoms with Gasteiger partial charge in [0.2, 0.25) is 0 Å². The van der Waals surface area contributed by atoms with E-state index < -0.39 is 15.9 Å². The van der Waals surface area contributed by atoms with Crippen LogP contribution in [-0.2, 0) is 9.05 Å². The third-order valence-corrected chi connectivity index (χ3v) is 11.5. The van der Waals surface area contributed by atoms with Crippen LogP contribution in [-0.4, -0.2) is 45.1 Å². The predicted molar refractivity (Wildman–Crippen MR) is 178 cm³/mol. The molecule has 0 aliphatic carbocycles. The van der Waals surface area contributed by atoms with E-state index in [-0.39, 0.29) is 24.2 Å². The summed E-state index contributed by atoms with van der Waals surface area (Å²) in [7, 11) is -6.13. The van der Waals surface area contributed by atoms with E-state index in [1.54, 1.807) is 0 Å². The van der Waals surface area contributed by atoms with E-state index in [9.17, 15) is 19.6 Å². The van der Waals surface area contributed by atoms with Crippen LogP contribution >= 0.6 is 15.9 Å². The molecule has 0 aliphatic heterocycles. The first-order valence-corrected chi connectivity index (χ1v) is 20.5. The summed E-state index contributed by atoms with van der Waals surface area (Å²) < 4.78 is 11.0. The molecule has 0 fully saturated rings. The van der Waals surface area contributed by atoms with Crippen molar-refractivity contribution in [3.63, 3.8) is 0 Å². The summed E-state index contributed by atoms with van der Waals surface area (Å²) in [4.78, 5) is 41.1. The van der Waals surface area contributed by atoms with Crippen LogP contribution in [0.1, 0.15) is 158 Å². The molecule has 4 N–H and O–H groups in total. The molecule has 8 heteroatoms. The van der Waals surface area contributed by atoms with Crippen LogP contribution in [0, 0.1) is 23.7 Å². The number of rotatable bonds is 26. The first-order chi connectivity index (χ1) is 18.9. The van der Waals surface area contributed by atoms with Gasteiger partial charge in [0, 0.05) is 0 Å². The van der Waals surface area contributed by atoms with E-state index in [2.05, 4.69) is 55.4 Å². The molecule has 246 valence electrons. The second kappa shape index (κ2) is 26.1. The van der Waals surface area contributed by atoms with Crippen LogP contribution in [0.4, 0.5) is 0 Å². The summed E-state index contributed by atoms with van der Waals surface area (Å²) >= 11 is 0. The number of hydrogen-bond acceptors (Lipinski definition) is 6. The van der Waals surface area contributed by atoms with E-state index >= 15 is 0 Å². The Kier molecular flexibility index (Phi) is 27.9. The van der Waals surface area contributed by atoms with Crippen molar-refractivity contribution in [1.82, 2.24) is 0 Å². The predicted octanol–water partition coefficient (Wildman–Crippen LogP) is 10.4. The third kappa shape index (κ3) is 25.1. The second-order valence-corrected chi connectivity index (χ2v) is 16.6. The molecule has 4 atom stereocenters. The Balaban J connectivity index is 0. The molecule has 0 spiro atoms. The van der Waals surface area contributed by atoms with Crippen molar-refractivity contribution in [2.75, 3.05) is 25.5 Å². The van der Waals surface area contributed by atoms with Gasteiger partial charge in [0.05, 0.1) is 13.2 Å². The molecule has 0 radical (unpaired) electrons. The van der Waals surface area contributed by atoms with Crippen LogP contribution in [0.15, 0.2) is 0 Å². The van der Waals surface area contributed by atoms with Gasteiger partial charge in [0.1, 0.15) is 0 Å². The molecule has 0 aromatic carbocycles. The zero-order chi connectivity index (χ0) is 30.9. The van der Waals surface area contributed by atoms with Crippen molar-refractivity contribution < 1.29 is 28.6 Å². The normalized spacial score (nSPS) is 16.8. The Labute approximate surface area is 251 Å². The minimum absolute atomic E-state index is 0.199. The fourth-order valence-corrected chi connectivity index (χ4v) is 9.04. The summed E-state index contributed by atoms with van der Waals surface area (Å²) in [5.41, 5.74) is 0. The zero-order valence-corrected chi connectivity index (χ0v) is 29.7. The van der Waals surface area contributed by atoms with Gasteiger partial charge >= 0.3 is 134 Å². The van der Waals surface area contributed by atoms with Crippen molar-refractivity contribution in [2.24, 2.45) is 23.7 Å². The third-order valence-electron chi connectivity index (χ3n) is 8.28. The van der Waals surface area contributed by atoms with Crippen molar-refractivity contribution >= 4 is 15.9 Å². The second-order valence-electron chi connectivity index (χ2n) is 12.2. The Bertz CT molecular complexity index is 501. The van der Waals surface area contributed by atoms with E-state index in [4.69, 9.17) is 9.05 Å². The molecule has 0 amide bonds. The topological polar surface area (TPSA) is 99.4 Å². The van der Waals surface area contributed by atoms with Gasteiger partial charge in [0.15, 0.2) is 0 Å². The van der Waals surface area contributed by atoms with Crippen molar-refractivity contribution in [2.45, 2.75) is 158 Å². The summed E-state index contributed by atoms with van der Waals surface area (Å²) in [6, 6.07) is 0. The van der Waals surface area contributed by atoms with Gasteiger partial charge in [-0.3, -0.25) is 0 Å². The summed E-state index contributed by atoms with van der Waals surface area (Å²) in [5, 5.41) is 0. The molecule has 6 nitrogen and oxygen atoms in total. The van der Waals surface area contributed by atoms with Gasteiger partial charge in [-0.15, -0.1) is 0 Å². The Morgan fingerprint density at radius 1 is 0.500 bits per heavy atom. The van der Waals surface area contributed by atoms with Crippen molar-refractivity contribution in [3.05, 3.63) is 0 Å². The summed E-state index contributed by atoms with van der Waals surface area (Å²) in [6.45, 7) is 18.5. The average molecular weight is 615 g/mol. The molecule has 0 aromatic heterocycles. The molecular formula is C32H72O6P2. The Morgan fingerprint density at radius 2 is 0.775 bits per heavy atom. The summed E-state index contributed by atoms with van der Waals surface area (Å²) in [6.07, 6.45) is 18.1. The van der Waals surface area contributed by atoms with E-state index in [1.807, 2.05) is 0 Å². The zero-order valence-electron chi connectivity index (χ0n) is 28.0. The minimum atomic E-state index is -4.45. The van der Waals surface area contributed by atoms with Gasteiger partial charge in [-0.05, 0) is 24.7 Å². The van der Waals surface area contributed by atoms with Gasteiger partial charge in [-0.2, -0.15) is 0 Å². The van der Waals surface area contributed by atoms with Gasteiger partial charge in [0.25, 0.3) is 0 Å². The molecule has 40 heavy (non-hydrogen) atoms. The van der Waals surface area contributed by atoms with E-state index in [1.165, 1.54) is 38.5 Å². The fraction of sp³-hybridized carbons (Fsp3) is 1.00. The maximum atomic E-state index is 10.4. The van der Waals surface area contributed by atoms with Crippen molar-refractivity contribution in [3.8, 4) is 0 Å². The maximum absolute atomic E-state index is 10.4. The van der Waals surface area contributed by atoms with Crippen LogP contribution in [0.2, 0.25) is 0 Å². The molecule has 0 aromatic rings. The Hall–Kier alpha value is 0.620. The SMILES string of the molecule is CCCCC(CC)COP(O)OCC(CC)CCCC.CCCCC(CC)CP(O)(O)(O)CC(CC)CCCC. The molecular weight excluding hydrogens is 542 g/mol. The van der Waals surface area contributed by atoms with Crippen LogP contribution in [0.25, 0.3) is 0 Å². The molecule has 0 saturated heterocycles. The molecule has 0 rings (SSSR count). The first-order valence-electron chi connectivity index (χ1n) is 16.9. The number of unbranched alkanes of at least 4 members (excludes halogenated alkanes) is 4. The molecule has 0 aliphatic rings. The van der Waals surface area contributed by atoms with Crippen LogP contribution in [0.5, 0.6) is 0 Å². The van der Waals surface area contributed by atoms with E-state index in [0.717, 1.165) is 64.2 Å². The van der Waals surface area contributed by atoms with Crippen LogP contribution < -0.4 is 0 Å². The molecule has 0 saturated carbocycles. The molecule has 0 bridgehead atoms. The first kappa shape index (κ1) is 42.8. The molecule has 0 heterocycles. The monoisotopic (exact) mass is 614 g/mol. The van der Waals surface area contributed by atoms with Gasteiger partial charge in [-0.25, -0.2) is 0 Å². The van der Waals surface area contributed by atoms with Crippen molar-refractivity contribution in [1.29, 1.82) is 0 Å². The molecule has 4 unspecified atom stereocenters. The summed E-state index contributed by atoms with van der Waals surface area (Å²) in [5.74, 6) is 1.57. The standard InChI is InChI=1S/C16H37O3P.C16H35O3P/c1-5-9-11-15(7-3)13-20(17,18,19)14-16(8-4)12-10-6-2;1-5-9-11-15(7-3)13-18-20(17)19-14-16(8-4)12-10-6-2/h15-19H,5-14H2,1-4H3;15-17H,5-14H2,1-4H3. The Morgan fingerprint density at radius 3 is 1.02 bits per heavy atom. The van der Waals surface area contributed by atoms with Gasteiger partial charge < -0.3 is 13.9 Å². The van der Waals surface area contributed by atoms with E-state index in [0.29, 0.717) is 25.0 Å². The fourth-order valence-electron chi connectivity index (χ4n) is 5.14. The number of hydrogen-bond donors (Lipinski definition) is 4. The quantitative estimate of drug-likeness (QED) is 0.0724. The van der Waals surface area contributed by atoms with Crippen LogP contribution in [0.3, 0.4) is 0 Å². The van der Waals surface area contributed by atoms with Gasteiger partial charge in [-0.1, -0.05) is 66.2 Å². The average Bonchev–Trinajstić information content (AvgIpc) is 2.93.